The van der Waals surface area contributed by atoms with Gasteiger partial charge in [0, 0.05) is 6.42 Å². The molecule has 1 atom stereocenters. The summed E-state index contributed by atoms with van der Waals surface area (Å²) < 4.78 is 0. The van der Waals surface area contributed by atoms with Crippen molar-refractivity contribution in [3.8, 4) is 0 Å². The molecule has 0 heterocycles. The highest BCUT2D eigenvalue weighted by Gasteiger charge is 2.18. The van der Waals surface area contributed by atoms with Crippen LogP contribution in [0.4, 0.5) is 0 Å². The van der Waals surface area contributed by atoms with Gasteiger partial charge in [0.25, 0.3) is 0 Å². The Morgan fingerprint density at radius 2 is 2.00 bits per heavy atom. The number of hydrogen-bond acceptors (Lipinski definition) is 3. The standard InChI is InChI=1S/C15H21NO3S/c1-20-11-10-13(15(18)19)16-14(17)9-5-8-12-6-3-2-4-7-12/h2-4,6-7,13H,5,8-11H2,1H3,(H,16,17)(H,18,19)/t13-/m1/s1. The van der Waals surface area contributed by atoms with Crippen LogP contribution in [-0.4, -0.2) is 35.0 Å². The molecule has 1 amide bonds. The summed E-state index contributed by atoms with van der Waals surface area (Å²) >= 11 is 1.57. The van der Waals surface area contributed by atoms with Crippen LogP contribution in [0.2, 0.25) is 0 Å². The molecule has 4 nitrogen and oxygen atoms in total. The van der Waals surface area contributed by atoms with E-state index >= 15 is 0 Å². The Hall–Kier alpha value is -1.49. The summed E-state index contributed by atoms with van der Waals surface area (Å²) in [5.74, 6) is -0.425. The minimum atomic E-state index is -0.963. The van der Waals surface area contributed by atoms with E-state index in [1.807, 2.05) is 36.6 Å². The first-order chi connectivity index (χ1) is 9.63. The second-order valence-electron chi connectivity index (χ2n) is 4.58. The molecule has 0 aliphatic carbocycles. The molecule has 110 valence electrons. The molecule has 0 bridgehead atoms. The number of rotatable bonds is 9. The van der Waals surface area contributed by atoms with E-state index in [9.17, 15) is 9.59 Å². The molecule has 1 rings (SSSR count). The highest BCUT2D eigenvalue weighted by Crippen LogP contribution is 2.06. The van der Waals surface area contributed by atoms with E-state index in [-0.39, 0.29) is 5.91 Å². The second-order valence-corrected chi connectivity index (χ2v) is 5.56. The Morgan fingerprint density at radius 3 is 2.60 bits per heavy atom. The lowest BCUT2D eigenvalue weighted by molar-refractivity contribution is -0.141. The quantitative estimate of drug-likeness (QED) is 0.734. The molecular weight excluding hydrogens is 274 g/mol. The Balaban J connectivity index is 2.29. The maximum absolute atomic E-state index is 11.7. The van der Waals surface area contributed by atoms with E-state index in [4.69, 9.17) is 5.11 Å². The average molecular weight is 295 g/mol. The fraction of sp³-hybridized carbons (Fsp3) is 0.467. The summed E-state index contributed by atoms with van der Waals surface area (Å²) in [5.41, 5.74) is 1.19. The third-order valence-electron chi connectivity index (χ3n) is 2.96. The Morgan fingerprint density at radius 1 is 1.30 bits per heavy atom. The van der Waals surface area contributed by atoms with Crippen molar-refractivity contribution in [3.63, 3.8) is 0 Å². The Bertz CT molecular complexity index is 422. The number of carboxylic acids is 1. The van der Waals surface area contributed by atoms with Gasteiger partial charge in [0.15, 0.2) is 0 Å². The lowest BCUT2D eigenvalue weighted by Crippen LogP contribution is -2.41. The molecule has 0 fully saturated rings. The van der Waals surface area contributed by atoms with Crippen molar-refractivity contribution in [1.82, 2.24) is 5.32 Å². The van der Waals surface area contributed by atoms with Gasteiger partial charge in [0.05, 0.1) is 0 Å². The number of hydrogen-bond donors (Lipinski definition) is 2. The van der Waals surface area contributed by atoms with Crippen LogP contribution in [0.25, 0.3) is 0 Å². The number of thioether (sulfide) groups is 1. The number of aliphatic carboxylic acids is 1. The van der Waals surface area contributed by atoms with Crippen LogP contribution in [0.15, 0.2) is 30.3 Å². The maximum atomic E-state index is 11.7. The van der Waals surface area contributed by atoms with E-state index in [0.717, 1.165) is 18.6 Å². The molecule has 0 spiro atoms. The van der Waals surface area contributed by atoms with Crippen molar-refractivity contribution in [3.05, 3.63) is 35.9 Å². The number of nitrogens with one attached hydrogen (secondary N) is 1. The summed E-state index contributed by atoms with van der Waals surface area (Å²) in [6, 6.07) is 9.18. The fourth-order valence-corrected chi connectivity index (χ4v) is 2.33. The number of benzene rings is 1. The molecule has 20 heavy (non-hydrogen) atoms. The monoisotopic (exact) mass is 295 g/mol. The predicted molar refractivity (Wildman–Crippen MR) is 81.9 cm³/mol. The summed E-state index contributed by atoms with van der Waals surface area (Å²) in [6.07, 6.45) is 4.29. The lowest BCUT2D eigenvalue weighted by atomic mass is 10.1. The summed E-state index contributed by atoms with van der Waals surface area (Å²) in [5, 5.41) is 11.6. The highest BCUT2D eigenvalue weighted by molar-refractivity contribution is 7.98. The van der Waals surface area contributed by atoms with Crippen LogP contribution in [-0.2, 0) is 16.0 Å². The van der Waals surface area contributed by atoms with E-state index in [1.165, 1.54) is 5.56 Å². The number of carboxylic acid groups (broad SMARTS) is 1. The van der Waals surface area contributed by atoms with Gasteiger partial charge in [0.2, 0.25) is 5.91 Å². The Labute approximate surface area is 124 Å². The van der Waals surface area contributed by atoms with E-state index in [1.54, 1.807) is 11.8 Å². The summed E-state index contributed by atoms with van der Waals surface area (Å²) in [4.78, 5) is 22.7. The van der Waals surface area contributed by atoms with Crippen molar-refractivity contribution in [1.29, 1.82) is 0 Å². The fourth-order valence-electron chi connectivity index (χ4n) is 1.86. The molecule has 0 aromatic heterocycles. The van der Waals surface area contributed by atoms with Crippen LogP contribution in [0.5, 0.6) is 0 Å². The van der Waals surface area contributed by atoms with Crippen molar-refractivity contribution >= 4 is 23.6 Å². The zero-order valence-electron chi connectivity index (χ0n) is 11.7. The molecule has 1 aromatic rings. The van der Waals surface area contributed by atoms with Gasteiger partial charge in [0.1, 0.15) is 6.04 Å². The number of amides is 1. The summed E-state index contributed by atoms with van der Waals surface area (Å²) in [6.45, 7) is 0. The first kappa shape index (κ1) is 16.6. The highest BCUT2D eigenvalue weighted by atomic mass is 32.2. The minimum absolute atomic E-state index is 0.186. The van der Waals surface area contributed by atoms with Gasteiger partial charge in [-0.1, -0.05) is 30.3 Å². The normalized spacial score (nSPS) is 11.8. The molecule has 0 saturated carbocycles. The van der Waals surface area contributed by atoms with Crippen LogP contribution >= 0.6 is 11.8 Å². The zero-order chi connectivity index (χ0) is 14.8. The van der Waals surface area contributed by atoms with Crippen LogP contribution < -0.4 is 5.32 Å². The van der Waals surface area contributed by atoms with Crippen LogP contribution in [0, 0.1) is 0 Å². The van der Waals surface area contributed by atoms with Crippen LogP contribution in [0.3, 0.4) is 0 Å². The number of carbonyl (C=O) groups excluding carboxylic acids is 1. The van der Waals surface area contributed by atoms with Gasteiger partial charge in [-0.2, -0.15) is 11.8 Å². The first-order valence-corrected chi connectivity index (χ1v) is 8.08. The molecule has 1 aromatic carbocycles. The summed E-state index contributed by atoms with van der Waals surface area (Å²) in [7, 11) is 0. The second kappa shape index (κ2) is 9.42. The molecular formula is C15H21NO3S. The molecule has 0 unspecified atom stereocenters. The molecule has 0 aliphatic rings. The average Bonchev–Trinajstić information content (AvgIpc) is 2.44. The number of aryl methyl sites for hydroxylation is 1. The third kappa shape index (κ3) is 6.61. The molecule has 0 aliphatic heterocycles. The number of carbonyl (C=O) groups is 2. The van der Waals surface area contributed by atoms with Crippen molar-refractivity contribution in [2.75, 3.05) is 12.0 Å². The lowest BCUT2D eigenvalue weighted by Gasteiger charge is -2.13. The topological polar surface area (TPSA) is 66.4 Å². The smallest absolute Gasteiger partial charge is 0.326 e. The van der Waals surface area contributed by atoms with Gasteiger partial charge in [-0.05, 0) is 36.8 Å². The van der Waals surface area contributed by atoms with Crippen LogP contribution in [0.1, 0.15) is 24.8 Å². The first-order valence-electron chi connectivity index (χ1n) is 6.68. The van der Waals surface area contributed by atoms with Crippen molar-refractivity contribution in [2.24, 2.45) is 0 Å². The predicted octanol–water partition coefficient (Wildman–Crippen LogP) is 2.33. The van der Waals surface area contributed by atoms with E-state index < -0.39 is 12.0 Å². The molecule has 2 N–H and O–H groups in total. The minimum Gasteiger partial charge on any atom is -0.480 e. The zero-order valence-corrected chi connectivity index (χ0v) is 12.5. The van der Waals surface area contributed by atoms with Gasteiger partial charge in [-0.3, -0.25) is 4.79 Å². The van der Waals surface area contributed by atoms with E-state index in [0.29, 0.717) is 12.8 Å². The van der Waals surface area contributed by atoms with Gasteiger partial charge >= 0.3 is 5.97 Å². The van der Waals surface area contributed by atoms with E-state index in [2.05, 4.69) is 5.32 Å². The molecule has 0 saturated heterocycles. The van der Waals surface area contributed by atoms with Gasteiger partial charge in [-0.15, -0.1) is 0 Å². The Kier molecular flexibility index (Phi) is 7.80. The molecule has 5 heteroatoms. The third-order valence-corrected chi connectivity index (χ3v) is 3.60. The SMILES string of the molecule is CSCC[C@@H](NC(=O)CCCc1ccccc1)C(=O)O. The van der Waals surface area contributed by atoms with Gasteiger partial charge < -0.3 is 10.4 Å². The van der Waals surface area contributed by atoms with Gasteiger partial charge in [-0.25, -0.2) is 4.79 Å². The van der Waals surface area contributed by atoms with Crippen molar-refractivity contribution < 1.29 is 14.7 Å². The van der Waals surface area contributed by atoms with Crippen molar-refractivity contribution in [2.45, 2.75) is 31.7 Å². The largest absolute Gasteiger partial charge is 0.480 e. The molecule has 0 radical (unpaired) electrons. The maximum Gasteiger partial charge on any atom is 0.326 e.